The number of aliphatic hydroxyl groups is 1. The van der Waals surface area contributed by atoms with Crippen LogP contribution < -0.4 is 0 Å². The van der Waals surface area contributed by atoms with E-state index >= 15 is 0 Å². The van der Waals surface area contributed by atoms with E-state index in [1.807, 2.05) is 33.8 Å². The molecule has 4 atom stereocenters. The van der Waals surface area contributed by atoms with Gasteiger partial charge >= 0.3 is 0 Å². The van der Waals surface area contributed by atoms with Crippen LogP contribution in [0.15, 0.2) is 12.1 Å². The van der Waals surface area contributed by atoms with Crippen molar-refractivity contribution in [1.82, 2.24) is 4.90 Å². The molecule has 3 N–H and O–H groups in total. The SMILES string of the molecule is CC.CC.CC1CCC2(O)C3Cc4ccc(O)c(O)c4C2(CCN3CC2CC2)C1. The lowest BCUT2D eigenvalue weighted by atomic mass is 9.48. The molecule has 3 aliphatic carbocycles. The Morgan fingerprint density at radius 3 is 2.38 bits per heavy atom. The van der Waals surface area contributed by atoms with Crippen LogP contribution in [0.4, 0.5) is 0 Å². The fraction of sp³-hybridized carbons (Fsp3) is 0.760. The van der Waals surface area contributed by atoms with Crippen LogP contribution in [0.5, 0.6) is 11.5 Å². The summed E-state index contributed by atoms with van der Waals surface area (Å²) in [5.74, 6) is 1.31. The molecule has 4 heteroatoms. The number of phenols is 2. The standard InChI is InChI=1S/C21H29NO3.2C2H6/c1-13-6-7-21(25)17-10-15-4-5-16(23)19(24)18(15)20(21,11-13)8-9-22(17)12-14-2-3-14;2*1-2/h4-5,13-14,17,23-25H,2-3,6-12H2,1H3;2*1-2H3. The maximum Gasteiger partial charge on any atom is 0.161 e. The highest BCUT2D eigenvalue weighted by molar-refractivity contribution is 5.57. The van der Waals surface area contributed by atoms with E-state index in [0.717, 1.165) is 62.2 Å². The van der Waals surface area contributed by atoms with Crippen LogP contribution in [0.3, 0.4) is 0 Å². The highest BCUT2D eigenvalue weighted by Gasteiger charge is 2.65. The van der Waals surface area contributed by atoms with Crippen LogP contribution in [0.1, 0.15) is 84.3 Å². The molecule has 0 spiro atoms. The fourth-order valence-corrected chi connectivity index (χ4v) is 6.30. The number of phenolic OH excluding ortho intramolecular Hbond substituents is 2. The van der Waals surface area contributed by atoms with Gasteiger partial charge in [0, 0.05) is 23.6 Å². The van der Waals surface area contributed by atoms with Crippen molar-refractivity contribution in [2.24, 2.45) is 11.8 Å². The predicted octanol–water partition coefficient (Wildman–Crippen LogP) is 4.98. The van der Waals surface area contributed by atoms with E-state index in [9.17, 15) is 15.3 Å². The number of likely N-dealkylation sites (tertiary alicyclic amines) is 1. The first-order valence-electron chi connectivity index (χ1n) is 12.0. The molecule has 3 fully saturated rings. The molecule has 4 nitrogen and oxygen atoms in total. The monoisotopic (exact) mass is 403 g/mol. The zero-order chi connectivity index (χ0) is 21.4. The first kappa shape index (κ1) is 22.4. The third-order valence-corrected chi connectivity index (χ3v) is 7.69. The minimum atomic E-state index is -0.787. The van der Waals surface area contributed by atoms with Gasteiger partial charge < -0.3 is 15.3 Å². The van der Waals surface area contributed by atoms with Gasteiger partial charge in [-0.3, -0.25) is 4.90 Å². The van der Waals surface area contributed by atoms with Crippen molar-refractivity contribution < 1.29 is 15.3 Å². The van der Waals surface area contributed by atoms with Crippen molar-refractivity contribution in [1.29, 1.82) is 0 Å². The third-order valence-electron chi connectivity index (χ3n) is 7.69. The number of rotatable bonds is 2. The zero-order valence-corrected chi connectivity index (χ0v) is 19.0. The Bertz CT molecular complexity index is 716. The van der Waals surface area contributed by atoms with Crippen LogP contribution in [-0.4, -0.2) is 45.0 Å². The number of hydrogen-bond donors (Lipinski definition) is 3. The summed E-state index contributed by atoms with van der Waals surface area (Å²) in [5, 5.41) is 32.9. The van der Waals surface area contributed by atoms with Gasteiger partial charge in [0.1, 0.15) is 0 Å². The number of piperidine rings is 1. The number of fused-ring (bicyclic) bond motifs is 1. The molecule has 2 saturated carbocycles. The second-order valence-corrected chi connectivity index (χ2v) is 9.23. The van der Waals surface area contributed by atoms with Gasteiger partial charge in [-0.05, 0) is 75.0 Å². The molecule has 1 aromatic rings. The van der Waals surface area contributed by atoms with Crippen LogP contribution in [0, 0.1) is 11.8 Å². The molecule has 0 aromatic heterocycles. The van der Waals surface area contributed by atoms with Gasteiger partial charge in [0.15, 0.2) is 11.5 Å². The molecular formula is C25H41NO3. The fourth-order valence-electron chi connectivity index (χ4n) is 6.30. The summed E-state index contributed by atoms with van der Waals surface area (Å²) in [6.45, 7) is 12.4. The molecule has 1 saturated heterocycles. The maximum absolute atomic E-state index is 12.0. The molecule has 164 valence electrons. The molecule has 0 radical (unpaired) electrons. The van der Waals surface area contributed by atoms with Gasteiger partial charge in [0.2, 0.25) is 0 Å². The van der Waals surface area contributed by atoms with Crippen molar-refractivity contribution in [3.05, 3.63) is 23.3 Å². The Kier molecular flexibility index (Phi) is 6.55. The molecule has 5 rings (SSSR count). The summed E-state index contributed by atoms with van der Waals surface area (Å²) < 4.78 is 0. The Morgan fingerprint density at radius 1 is 1.03 bits per heavy atom. The first-order valence-corrected chi connectivity index (χ1v) is 12.0. The summed E-state index contributed by atoms with van der Waals surface area (Å²) in [5.41, 5.74) is 0.778. The van der Waals surface area contributed by atoms with Crippen LogP contribution in [0.2, 0.25) is 0 Å². The normalized spacial score (nSPS) is 35.2. The summed E-state index contributed by atoms with van der Waals surface area (Å²) in [7, 11) is 0. The van der Waals surface area contributed by atoms with Crippen molar-refractivity contribution in [3.8, 4) is 11.5 Å². The van der Waals surface area contributed by atoms with Crippen LogP contribution in [0.25, 0.3) is 0 Å². The minimum Gasteiger partial charge on any atom is -0.504 e. The Balaban J connectivity index is 0.000000568. The van der Waals surface area contributed by atoms with Crippen molar-refractivity contribution in [2.45, 2.75) is 96.6 Å². The molecule has 0 amide bonds. The summed E-state index contributed by atoms with van der Waals surface area (Å²) in [6, 6.07) is 3.73. The average Bonchev–Trinajstić information content (AvgIpc) is 3.54. The van der Waals surface area contributed by atoms with E-state index in [1.165, 1.54) is 12.8 Å². The van der Waals surface area contributed by atoms with Gasteiger partial charge in [-0.1, -0.05) is 40.7 Å². The molecule has 1 heterocycles. The van der Waals surface area contributed by atoms with Crippen molar-refractivity contribution in [2.75, 3.05) is 13.1 Å². The van der Waals surface area contributed by atoms with Gasteiger partial charge in [-0.15, -0.1) is 0 Å². The molecule has 1 aromatic carbocycles. The number of benzene rings is 1. The largest absolute Gasteiger partial charge is 0.504 e. The zero-order valence-electron chi connectivity index (χ0n) is 19.0. The van der Waals surface area contributed by atoms with Gasteiger partial charge in [-0.25, -0.2) is 0 Å². The third kappa shape index (κ3) is 3.46. The lowest BCUT2D eigenvalue weighted by Gasteiger charge is -2.64. The summed E-state index contributed by atoms with van der Waals surface area (Å²) in [6.07, 6.45) is 7.06. The molecule has 4 aliphatic rings. The quantitative estimate of drug-likeness (QED) is 0.610. The molecule has 29 heavy (non-hydrogen) atoms. The summed E-state index contributed by atoms with van der Waals surface area (Å²) >= 11 is 0. The maximum atomic E-state index is 12.0. The second-order valence-electron chi connectivity index (χ2n) is 9.23. The topological polar surface area (TPSA) is 63.9 Å². The molecule has 4 unspecified atom stereocenters. The lowest BCUT2D eigenvalue weighted by molar-refractivity contribution is -0.174. The van der Waals surface area contributed by atoms with E-state index in [4.69, 9.17) is 0 Å². The highest BCUT2D eigenvalue weighted by Crippen LogP contribution is 2.62. The van der Waals surface area contributed by atoms with E-state index in [1.54, 1.807) is 6.07 Å². The van der Waals surface area contributed by atoms with E-state index in [-0.39, 0.29) is 17.5 Å². The van der Waals surface area contributed by atoms with Crippen LogP contribution in [-0.2, 0) is 11.8 Å². The van der Waals surface area contributed by atoms with E-state index in [2.05, 4.69) is 11.8 Å². The first-order chi connectivity index (χ1) is 13.9. The van der Waals surface area contributed by atoms with E-state index in [0.29, 0.717) is 5.92 Å². The highest BCUT2D eigenvalue weighted by atomic mass is 16.3. The molecular weight excluding hydrogens is 362 g/mol. The predicted molar refractivity (Wildman–Crippen MR) is 119 cm³/mol. The minimum absolute atomic E-state index is 0.0131. The van der Waals surface area contributed by atoms with Crippen LogP contribution >= 0.6 is 0 Å². The number of hydrogen-bond acceptors (Lipinski definition) is 4. The Morgan fingerprint density at radius 2 is 1.72 bits per heavy atom. The second kappa shape index (κ2) is 8.47. The van der Waals surface area contributed by atoms with E-state index < -0.39 is 11.0 Å². The van der Waals surface area contributed by atoms with Gasteiger partial charge in [-0.2, -0.15) is 0 Å². The van der Waals surface area contributed by atoms with Crippen molar-refractivity contribution in [3.63, 3.8) is 0 Å². The number of nitrogens with zero attached hydrogens (tertiary/aromatic N) is 1. The molecule has 2 bridgehead atoms. The smallest absolute Gasteiger partial charge is 0.161 e. The Labute approximate surface area is 176 Å². The Hall–Kier alpha value is -1.26. The lowest BCUT2D eigenvalue weighted by Crippen LogP contribution is -2.73. The average molecular weight is 404 g/mol. The molecule has 1 aliphatic heterocycles. The van der Waals surface area contributed by atoms with Gasteiger partial charge in [0.05, 0.1) is 5.60 Å². The van der Waals surface area contributed by atoms with Gasteiger partial charge in [0.25, 0.3) is 0 Å². The summed E-state index contributed by atoms with van der Waals surface area (Å²) in [4.78, 5) is 2.54. The van der Waals surface area contributed by atoms with Crippen molar-refractivity contribution >= 4 is 0 Å². The number of aromatic hydroxyl groups is 2.